The number of carbonyl (C=O) groups is 1. The van der Waals surface area contributed by atoms with E-state index in [0.717, 1.165) is 12.1 Å². The lowest BCUT2D eigenvalue weighted by Gasteiger charge is -1.99. The van der Waals surface area contributed by atoms with Crippen molar-refractivity contribution in [3.8, 4) is 0 Å². The van der Waals surface area contributed by atoms with E-state index >= 15 is 0 Å². The van der Waals surface area contributed by atoms with E-state index in [1.165, 1.54) is 6.08 Å². The molecule has 1 aromatic carbocycles. The molecule has 0 saturated heterocycles. The van der Waals surface area contributed by atoms with E-state index in [0.29, 0.717) is 6.07 Å². The third-order valence-electron chi connectivity index (χ3n) is 1.86. The number of benzene rings is 1. The van der Waals surface area contributed by atoms with Crippen LogP contribution in [0.15, 0.2) is 18.2 Å². The van der Waals surface area contributed by atoms with Crippen LogP contribution in [-0.4, -0.2) is 10.8 Å². The summed E-state index contributed by atoms with van der Waals surface area (Å²) in [6.45, 7) is 0. The summed E-state index contributed by atoms with van der Waals surface area (Å²) in [5.41, 5.74) is 3.75. The van der Waals surface area contributed by atoms with Gasteiger partial charge < -0.3 is 5.73 Å². The molecule has 1 amide bonds. The van der Waals surface area contributed by atoms with Gasteiger partial charge in [-0.05, 0) is 6.07 Å². The molecule has 0 aromatic heterocycles. The number of rotatable bonds is 4. The van der Waals surface area contributed by atoms with Crippen LogP contribution in [0.5, 0.6) is 0 Å². The summed E-state index contributed by atoms with van der Waals surface area (Å²) in [7, 11) is 0. The van der Waals surface area contributed by atoms with Gasteiger partial charge in [0.15, 0.2) is 0 Å². The van der Waals surface area contributed by atoms with Crippen molar-refractivity contribution in [1.29, 1.82) is 0 Å². The second-order valence-corrected chi connectivity index (χ2v) is 3.16. The first-order valence-corrected chi connectivity index (χ1v) is 4.50. The zero-order valence-corrected chi connectivity index (χ0v) is 8.52. The van der Waals surface area contributed by atoms with Gasteiger partial charge in [-0.1, -0.05) is 12.2 Å². The van der Waals surface area contributed by atoms with Crippen molar-refractivity contribution in [1.82, 2.24) is 0 Å². The number of hydrogen-bond acceptors (Lipinski definition) is 3. The molecule has 5 nitrogen and oxygen atoms in total. The molecule has 0 saturated carbocycles. The van der Waals surface area contributed by atoms with Gasteiger partial charge in [0.1, 0.15) is 5.82 Å². The fourth-order valence-electron chi connectivity index (χ4n) is 1.21. The fourth-order valence-corrected chi connectivity index (χ4v) is 1.21. The van der Waals surface area contributed by atoms with Gasteiger partial charge in [0.25, 0.3) is 0 Å². The molecule has 0 aliphatic heterocycles. The van der Waals surface area contributed by atoms with Gasteiger partial charge in [-0.15, -0.1) is 0 Å². The summed E-state index contributed by atoms with van der Waals surface area (Å²) in [6, 6.07) is 1.22. The summed E-state index contributed by atoms with van der Waals surface area (Å²) < 4.78 is 26.0. The summed E-state index contributed by atoms with van der Waals surface area (Å²) >= 11 is 0. The highest BCUT2D eigenvalue weighted by atomic mass is 19.1. The van der Waals surface area contributed by atoms with Gasteiger partial charge in [0, 0.05) is 12.5 Å². The number of nitrogens with zero attached hydrogens (tertiary/aromatic N) is 1. The molecule has 0 fully saturated rings. The molecular formula is C10H8F2N2O3. The molecule has 0 unspecified atom stereocenters. The molecule has 17 heavy (non-hydrogen) atoms. The first-order valence-electron chi connectivity index (χ1n) is 4.50. The van der Waals surface area contributed by atoms with Gasteiger partial charge >= 0.3 is 5.69 Å². The highest BCUT2D eigenvalue weighted by molar-refractivity contribution is 5.77. The van der Waals surface area contributed by atoms with Crippen molar-refractivity contribution in [2.45, 2.75) is 6.42 Å². The quantitative estimate of drug-likeness (QED) is 0.644. The van der Waals surface area contributed by atoms with Crippen molar-refractivity contribution in [3.05, 3.63) is 45.5 Å². The van der Waals surface area contributed by atoms with Crippen LogP contribution in [0.3, 0.4) is 0 Å². The summed E-state index contributed by atoms with van der Waals surface area (Å²) in [4.78, 5) is 20.0. The Labute approximate surface area is 94.7 Å². The topological polar surface area (TPSA) is 86.2 Å². The second-order valence-electron chi connectivity index (χ2n) is 3.16. The Morgan fingerprint density at radius 2 is 2.12 bits per heavy atom. The van der Waals surface area contributed by atoms with Crippen LogP contribution < -0.4 is 5.73 Å². The molecule has 0 spiro atoms. The summed E-state index contributed by atoms with van der Waals surface area (Å²) in [6.07, 6.45) is 2.11. The fraction of sp³-hybridized carbons (Fsp3) is 0.100. The number of hydrogen-bond donors (Lipinski definition) is 1. The molecular weight excluding hydrogens is 234 g/mol. The first kappa shape index (κ1) is 12.8. The standard InChI is InChI=1S/C10H8F2N2O3/c11-7-4-6(2-1-3-9(13)15)10(14(16)17)8(12)5-7/h1-2,4-5H,3H2,(H2,13,15). The molecule has 7 heteroatoms. The zero-order chi connectivity index (χ0) is 13.0. The number of nitrogens with two attached hydrogens (primary N) is 1. The van der Waals surface area contributed by atoms with E-state index in [-0.39, 0.29) is 12.0 Å². The van der Waals surface area contributed by atoms with Crippen LogP contribution in [0.1, 0.15) is 12.0 Å². The van der Waals surface area contributed by atoms with Gasteiger partial charge in [-0.3, -0.25) is 14.9 Å². The van der Waals surface area contributed by atoms with Gasteiger partial charge in [-0.2, -0.15) is 4.39 Å². The van der Waals surface area contributed by atoms with Crippen molar-refractivity contribution in [2.24, 2.45) is 5.73 Å². The predicted octanol–water partition coefficient (Wildman–Crippen LogP) is 1.76. The number of nitro groups is 1. The highest BCUT2D eigenvalue weighted by Crippen LogP contribution is 2.25. The van der Waals surface area contributed by atoms with E-state index in [9.17, 15) is 23.7 Å². The molecule has 0 radical (unpaired) electrons. The Kier molecular flexibility index (Phi) is 3.86. The summed E-state index contributed by atoms with van der Waals surface area (Å²) in [5, 5.41) is 10.6. The van der Waals surface area contributed by atoms with Crippen LogP contribution >= 0.6 is 0 Å². The van der Waals surface area contributed by atoms with Crippen LogP contribution in [-0.2, 0) is 4.79 Å². The lowest BCUT2D eigenvalue weighted by Crippen LogP contribution is -2.08. The minimum atomic E-state index is -1.27. The van der Waals surface area contributed by atoms with E-state index in [2.05, 4.69) is 0 Å². The van der Waals surface area contributed by atoms with Crippen LogP contribution in [0.25, 0.3) is 6.08 Å². The highest BCUT2D eigenvalue weighted by Gasteiger charge is 2.19. The average molecular weight is 242 g/mol. The molecule has 0 aliphatic rings. The molecule has 0 atom stereocenters. The SMILES string of the molecule is NC(=O)CC=Cc1cc(F)cc(F)c1[N+](=O)[O-]. The average Bonchev–Trinajstić information content (AvgIpc) is 2.14. The van der Waals surface area contributed by atoms with Crippen molar-refractivity contribution in [2.75, 3.05) is 0 Å². The number of halogens is 2. The third-order valence-corrected chi connectivity index (χ3v) is 1.86. The molecule has 0 heterocycles. The van der Waals surface area contributed by atoms with Crippen molar-refractivity contribution < 1.29 is 18.5 Å². The zero-order valence-electron chi connectivity index (χ0n) is 8.52. The minimum Gasteiger partial charge on any atom is -0.369 e. The maximum Gasteiger partial charge on any atom is 0.312 e. The van der Waals surface area contributed by atoms with E-state index in [4.69, 9.17) is 5.73 Å². The van der Waals surface area contributed by atoms with Crippen molar-refractivity contribution in [3.63, 3.8) is 0 Å². The molecule has 1 aromatic rings. The first-order chi connectivity index (χ1) is 7.91. The lowest BCUT2D eigenvalue weighted by molar-refractivity contribution is -0.387. The second kappa shape index (κ2) is 5.15. The molecule has 0 aliphatic carbocycles. The number of primary amides is 1. The Hall–Kier alpha value is -2.31. The third kappa shape index (κ3) is 3.33. The molecule has 90 valence electrons. The lowest BCUT2D eigenvalue weighted by atomic mass is 10.1. The number of nitro benzene ring substituents is 1. The van der Waals surface area contributed by atoms with Gasteiger partial charge in [0.05, 0.1) is 10.5 Å². The minimum absolute atomic E-state index is 0.171. The van der Waals surface area contributed by atoms with E-state index < -0.39 is 28.2 Å². The normalized spacial score (nSPS) is 10.7. The van der Waals surface area contributed by atoms with Crippen molar-refractivity contribution >= 4 is 17.7 Å². The van der Waals surface area contributed by atoms with Crippen LogP contribution in [0.2, 0.25) is 0 Å². The van der Waals surface area contributed by atoms with Gasteiger partial charge in [-0.25, -0.2) is 4.39 Å². The maximum atomic E-state index is 13.1. The van der Waals surface area contributed by atoms with Gasteiger partial charge in [0.2, 0.25) is 11.7 Å². The molecule has 1 rings (SSSR count). The number of carbonyl (C=O) groups excluding carboxylic acids is 1. The van der Waals surface area contributed by atoms with Crippen LogP contribution in [0.4, 0.5) is 14.5 Å². The predicted molar refractivity (Wildman–Crippen MR) is 55.9 cm³/mol. The molecule has 0 bridgehead atoms. The Morgan fingerprint density at radius 1 is 1.47 bits per heavy atom. The van der Waals surface area contributed by atoms with Crippen LogP contribution in [0, 0.1) is 21.7 Å². The largest absolute Gasteiger partial charge is 0.369 e. The Morgan fingerprint density at radius 3 is 2.65 bits per heavy atom. The molecule has 2 N–H and O–H groups in total. The van der Waals surface area contributed by atoms with E-state index in [1.807, 2.05) is 0 Å². The smallest absolute Gasteiger partial charge is 0.312 e. The van der Waals surface area contributed by atoms with E-state index in [1.54, 1.807) is 0 Å². The number of amides is 1. The maximum absolute atomic E-state index is 13.1. The summed E-state index contributed by atoms with van der Waals surface area (Å²) in [5.74, 6) is -2.86. The Bertz CT molecular complexity index is 501. The Balaban J connectivity index is 3.17. The monoisotopic (exact) mass is 242 g/mol.